The number of ether oxygens (including phenoxy) is 1. The number of pyridine rings is 1. The summed E-state index contributed by atoms with van der Waals surface area (Å²) in [6.07, 6.45) is 1.67. The van der Waals surface area contributed by atoms with Crippen molar-refractivity contribution in [3.63, 3.8) is 0 Å². The number of fused-ring (bicyclic) bond motifs is 2. The second-order valence-corrected chi connectivity index (χ2v) is 6.74. The van der Waals surface area contributed by atoms with E-state index in [1.54, 1.807) is 37.6 Å². The van der Waals surface area contributed by atoms with Crippen LogP contribution in [0.15, 0.2) is 83.4 Å². The Morgan fingerprint density at radius 2 is 1.87 bits per heavy atom. The van der Waals surface area contributed by atoms with Crippen molar-refractivity contribution in [1.82, 2.24) is 9.97 Å². The predicted octanol–water partition coefficient (Wildman–Crippen LogP) is 5.30. The minimum atomic E-state index is -0.221. The van der Waals surface area contributed by atoms with Gasteiger partial charge < -0.3 is 14.5 Å². The number of rotatable bonds is 4. The quantitative estimate of drug-likeness (QED) is 0.447. The molecule has 0 unspecified atom stereocenters. The second kappa shape index (κ2) is 7.33. The molecule has 0 aliphatic carbocycles. The Kier molecular flexibility index (Phi) is 4.37. The maximum absolute atomic E-state index is 13.1. The fraction of sp³-hybridized carbons (Fsp3) is 0.0417. The van der Waals surface area contributed by atoms with Gasteiger partial charge in [0.1, 0.15) is 5.75 Å². The van der Waals surface area contributed by atoms with E-state index in [-0.39, 0.29) is 5.91 Å². The number of carbonyl (C=O) groups excluding carboxylic acids is 1. The maximum atomic E-state index is 13.1. The third-order valence-electron chi connectivity index (χ3n) is 4.89. The topological polar surface area (TPSA) is 77.2 Å². The van der Waals surface area contributed by atoms with Gasteiger partial charge in [0.2, 0.25) is 5.89 Å². The van der Waals surface area contributed by atoms with Crippen molar-refractivity contribution in [1.29, 1.82) is 0 Å². The zero-order valence-corrected chi connectivity index (χ0v) is 16.1. The first kappa shape index (κ1) is 17.9. The standard InChI is InChI=1S/C24H17N3O3/c1-29-20-12-11-16(24-27-22-21(30-24)10-5-13-25-22)14-19(20)26-23(28)18-9-4-7-15-6-2-3-8-17(15)18/h2-14H,1H3,(H,26,28). The van der Waals surface area contributed by atoms with Crippen LogP contribution >= 0.6 is 0 Å². The van der Waals surface area contributed by atoms with E-state index in [9.17, 15) is 4.79 Å². The van der Waals surface area contributed by atoms with E-state index < -0.39 is 0 Å². The lowest BCUT2D eigenvalue weighted by Crippen LogP contribution is -2.13. The molecule has 5 rings (SSSR count). The van der Waals surface area contributed by atoms with E-state index >= 15 is 0 Å². The minimum absolute atomic E-state index is 0.221. The number of carbonyl (C=O) groups is 1. The molecule has 2 heterocycles. The third-order valence-corrected chi connectivity index (χ3v) is 4.89. The smallest absolute Gasteiger partial charge is 0.256 e. The first-order valence-corrected chi connectivity index (χ1v) is 9.42. The van der Waals surface area contributed by atoms with Gasteiger partial charge in [-0.1, -0.05) is 36.4 Å². The van der Waals surface area contributed by atoms with Gasteiger partial charge in [0.05, 0.1) is 12.8 Å². The Hall–Kier alpha value is -4.19. The average Bonchev–Trinajstić information content (AvgIpc) is 3.23. The molecule has 0 aliphatic heterocycles. The molecular formula is C24H17N3O3. The first-order valence-electron chi connectivity index (χ1n) is 9.42. The summed E-state index contributed by atoms with van der Waals surface area (Å²) in [5.74, 6) is 0.745. The molecule has 0 fully saturated rings. The molecule has 30 heavy (non-hydrogen) atoms. The van der Waals surface area contributed by atoms with Crippen LogP contribution in [0.25, 0.3) is 33.5 Å². The fourth-order valence-corrected chi connectivity index (χ4v) is 3.44. The number of anilines is 1. The number of aromatic nitrogens is 2. The molecule has 0 bridgehead atoms. The number of oxazole rings is 1. The van der Waals surface area contributed by atoms with Gasteiger partial charge in [-0.2, -0.15) is 4.98 Å². The van der Waals surface area contributed by atoms with Gasteiger partial charge in [0.15, 0.2) is 11.2 Å². The molecule has 0 aliphatic rings. The van der Waals surface area contributed by atoms with E-state index in [0.717, 1.165) is 10.8 Å². The van der Waals surface area contributed by atoms with Crippen molar-refractivity contribution in [3.8, 4) is 17.2 Å². The Morgan fingerprint density at radius 1 is 1.00 bits per heavy atom. The van der Waals surface area contributed by atoms with Crippen LogP contribution in [-0.4, -0.2) is 23.0 Å². The van der Waals surface area contributed by atoms with Crippen LogP contribution in [-0.2, 0) is 0 Å². The lowest BCUT2D eigenvalue weighted by atomic mass is 10.0. The normalized spacial score (nSPS) is 11.0. The van der Waals surface area contributed by atoms with Crippen molar-refractivity contribution in [2.75, 3.05) is 12.4 Å². The van der Waals surface area contributed by atoms with Crippen LogP contribution in [0.2, 0.25) is 0 Å². The van der Waals surface area contributed by atoms with Crippen molar-refractivity contribution < 1.29 is 13.9 Å². The molecule has 0 radical (unpaired) electrons. The van der Waals surface area contributed by atoms with E-state index in [1.165, 1.54) is 0 Å². The highest BCUT2D eigenvalue weighted by Crippen LogP contribution is 2.32. The summed E-state index contributed by atoms with van der Waals surface area (Å²) in [5.41, 5.74) is 2.96. The highest BCUT2D eigenvalue weighted by Gasteiger charge is 2.16. The summed E-state index contributed by atoms with van der Waals surface area (Å²) in [4.78, 5) is 21.7. The van der Waals surface area contributed by atoms with Crippen molar-refractivity contribution in [2.45, 2.75) is 0 Å². The van der Waals surface area contributed by atoms with Crippen molar-refractivity contribution in [2.24, 2.45) is 0 Å². The lowest BCUT2D eigenvalue weighted by Gasteiger charge is -2.12. The molecule has 0 saturated carbocycles. The van der Waals surface area contributed by atoms with E-state index in [0.29, 0.717) is 39.7 Å². The summed E-state index contributed by atoms with van der Waals surface area (Å²) in [6.45, 7) is 0. The molecule has 6 heteroatoms. The Balaban J connectivity index is 1.53. The van der Waals surface area contributed by atoms with E-state index in [1.807, 2.05) is 48.5 Å². The van der Waals surface area contributed by atoms with Crippen LogP contribution in [0.5, 0.6) is 5.75 Å². The summed E-state index contributed by atoms with van der Waals surface area (Å²) in [6, 6.07) is 22.4. The number of nitrogens with zero attached hydrogens (tertiary/aromatic N) is 2. The molecule has 146 valence electrons. The summed E-state index contributed by atoms with van der Waals surface area (Å²) in [5, 5.41) is 4.86. The monoisotopic (exact) mass is 395 g/mol. The molecule has 0 saturated heterocycles. The van der Waals surface area contributed by atoms with Crippen LogP contribution in [0.3, 0.4) is 0 Å². The summed E-state index contributed by atoms with van der Waals surface area (Å²) in [7, 11) is 1.56. The van der Waals surface area contributed by atoms with Crippen LogP contribution < -0.4 is 10.1 Å². The molecule has 5 aromatic rings. The number of hydrogen-bond donors (Lipinski definition) is 1. The van der Waals surface area contributed by atoms with Crippen molar-refractivity contribution >= 4 is 33.6 Å². The third kappa shape index (κ3) is 3.14. The van der Waals surface area contributed by atoms with Gasteiger partial charge >= 0.3 is 0 Å². The number of methoxy groups -OCH3 is 1. The van der Waals surface area contributed by atoms with Gasteiger partial charge in [0, 0.05) is 17.3 Å². The molecule has 2 aromatic heterocycles. The van der Waals surface area contributed by atoms with Crippen LogP contribution in [0.1, 0.15) is 10.4 Å². The highest BCUT2D eigenvalue weighted by atomic mass is 16.5. The highest BCUT2D eigenvalue weighted by molar-refractivity contribution is 6.13. The van der Waals surface area contributed by atoms with Gasteiger partial charge in [-0.15, -0.1) is 0 Å². The van der Waals surface area contributed by atoms with Crippen LogP contribution in [0.4, 0.5) is 5.69 Å². The fourth-order valence-electron chi connectivity index (χ4n) is 3.44. The lowest BCUT2D eigenvalue weighted by molar-refractivity contribution is 0.102. The molecular weight excluding hydrogens is 378 g/mol. The molecule has 6 nitrogen and oxygen atoms in total. The van der Waals surface area contributed by atoms with Gasteiger partial charge in [-0.05, 0) is 47.2 Å². The van der Waals surface area contributed by atoms with Gasteiger partial charge in [-0.3, -0.25) is 4.79 Å². The molecule has 3 aromatic carbocycles. The largest absolute Gasteiger partial charge is 0.495 e. The number of nitrogens with one attached hydrogen (secondary N) is 1. The number of amides is 1. The Morgan fingerprint density at radius 3 is 2.73 bits per heavy atom. The second-order valence-electron chi connectivity index (χ2n) is 6.74. The Labute approximate surface area is 172 Å². The molecule has 0 spiro atoms. The van der Waals surface area contributed by atoms with Crippen LogP contribution in [0, 0.1) is 0 Å². The first-order chi connectivity index (χ1) is 14.7. The summed E-state index contributed by atoms with van der Waals surface area (Å²) < 4.78 is 11.2. The SMILES string of the molecule is COc1ccc(-c2nc3ncccc3o2)cc1NC(=O)c1cccc2ccccc12. The van der Waals surface area contributed by atoms with E-state index in [4.69, 9.17) is 9.15 Å². The summed E-state index contributed by atoms with van der Waals surface area (Å²) >= 11 is 0. The Bertz CT molecular complexity index is 1350. The van der Waals surface area contributed by atoms with Gasteiger partial charge in [0.25, 0.3) is 5.91 Å². The minimum Gasteiger partial charge on any atom is -0.495 e. The molecule has 0 atom stereocenters. The van der Waals surface area contributed by atoms with Crippen molar-refractivity contribution in [3.05, 3.63) is 84.6 Å². The number of hydrogen-bond acceptors (Lipinski definition) is 5. The van der Waals surface area contributed by atoms with E-state index in [2.05, 4.69) is 15.3 Å². The zero-order chi connectivity index (χ0) is 20.5. The zero-order valence-electron chi connectivity index (χ0n) is 16.1. The maximum Gasteiger partial charge on any atom is 0.256 e. The average molecular weight is 395 g/mol. The predicted molar refractivity (Wildman–Crippen MR) is 116 cm³/mol. The van der Waals surface area contributed by atoms with Gasteiger partial charge in [-0.25, -0.2) is 4.98 Å². The molecule has 1 amide bonds. The number of benzene rings is 3. The molecule has 1 N–H and O–H groups in total.